The summed E-state index contributed by atoms with van der Waals surface area (Å²) in [5, 5.41) is 54.0. The minimum Gasteiger partial charge on any atom is -0.481 e. The zero-order valence-electron chi connectivity index (χ0n) is 65.7. The van der Waals surface area contributed by atoms with Crippen LogP contribution in [-0.4, -0.2) is 235 Å². The van der Waals surface area contributed by atoms with Gasteiger partial charge in [-0.15, -0.1) is 0 Å². The van der Waals surface area contributed by atoms with E-state index in [0.717, 1.165) is 40.5 Å². The van der Waals surface area contributed by atoms with Gasteiger partial charge in [0.05, 0.1) is 103 Å². The number of hydrogen-bond acceptors (Lipinski definition) is 27. The van der Waals surface area contributed by atoms with Gasteiger partial charge in [-0.2, -0.15) is 37.0 Å². The molecule has 0 spiro atoms. The number of hydrogen-bond donors (Lipinski definition) is 8. The third-order valence-corrected chi connectivity index (χ3v) is 28.2. The maximum Gasteiger partial charge on any atom is 0.400 e. The zero-order chi connectivity index (χ0) is 85.3. The average Bonchev–Trinajstić information content (AvgIpc) is 1.58. The highest BCUT2D eigenvalue weighted by Gasteiger charge is 2.56. The van der Waals surface area contributed by atoms with Gasteiger partial charge < -0.3 is 78.0 Å². The van der Waals surface area contributed by atoms with Crippen molar-refractivity contribution in [2.75, 3.05) is 75.0 Å². The van der Waals surface area contributed by atoms with Crippen molar-refractivity contribution in [3.05, 3.63) is 287 Å². The quantitative estimate of drug-likeness (QED) is 0.0142. The van der Waals surface area contributed by atoms with Crippen LogP contribution in [0.1, 0.15) is 64.0 Å². The highest BCUT2D eigenvalue weighted by molar-refractivity contribution is 8.00. The van der Waals surface area contributed by atoms with E-state index in [9.17, 15) is 45.1 Å². The van der Waals surface area contributed by atoms with Gasteiger partial charge in [0.15, 0.2) is 23.1 Å². The number of carbonyl (C=O) groups is 1. The van der Waals surface area contributed by atoms with Gasteiger partial charge in [-0.05, 0) is 33.4 Å². The van der Waals surface area contributed by atoms with Gasteiger partial charge in [-0.3, -0.25) is 13.9 Å². The molecule has 0 aliphatic carbocycles. The van der Waals surface area contributed by atoms with Crippen molar-refractivity contribution in [3.8, 4) is 0 Å². The van der Waals surface area contributed by atoms with E-state index in [2.05, 4.69) is 44.8 Å². The first-order valence-electron chi connectivity index (χ1n) is 38.6. The lowest BCUT2D eigenvalue weighted by molar-refractivity contribution is -0.264. The van der Waals surface area contributed by atoms with Gasteiger partial charge in [0.1, 0.15) is 84.1 Å². The van der Waals surface area contributed by atoms with Crippen LogP contribution < -0.4 is 0 Å². The summed E-state index contributed by atoms with van der Waals surface area (Å²) in [6.45, 7) is 4.04. The van der Waals surface area contributed by atoms with Crippen LogP contribution in [0.15, 0.2) is 243 Å². The van der Waals surface area contributed by atoms with Crippen LogP contribution in [0.3, 0.4) is 0 Å². The van der Waals surface area contributed by atoms with E-state index in [1.807, 2.05) is 218 Å². The average molecular weight is 1780 g/mol. The molecule has 8 N–H and O–H groups in total. The maximum atomic E-state index is 11.9. The van der Waals surface area contributed by atoms with Crippen molar-refractivity contribution in [2.24, 2.45) is 0 Å². The minimum atomic E-state index is -4.82. The Morgan fingerprint density at radius 3 is 1.42 bits per heavy atom. The second-order valence-electron chi connectivity index (χ2n) is 28.3. The first kappa shape index (κ1) is 95.5. The Balaban J connectivity index is 0.000000179. The second-order valence-corrected chi connectivity index (χ2v) is 37.7. The Labute approximate surface area is 710 Å². The number of aliphatic hydroxyl groups is 5. The lowest BCUT2D eigenvalue weighted by atomic mass is 10.1. The molecule has 0 radical (unpaired) electrons. The predicted molar refractivity (Wildman–Crippen MR) is 448 cm³/mol. The maximum absolute atomic E-state index is 11.9. The number of thioether (sulfide) groups is 1. The van der Waals surface area contributed by atoms with Crippen LogP contribution in [0.2, 0.25) is 0 Å². The zero-order valence-corrected chi connectivity index (χ0v) is 70.6. The summed E-state index contributed by atoms with van der Waals surface area (Å²) in [7, 11) is -14.7. The second kappa shape index (κ2) is 49.1. The molecule has 652 valence electrons. The molecule has 8 aromatic rings. The van der Waals surface area contributed by atoms with Gasteiger partial charge in [-0.25, -0.2) is 16.7 Å². The SMILES string of the molecule is CC(=O)O.O=S(=O)(O)O[C@@H](CO)[C@@H](O)C[S+]1C[C@H](O)[C@@H](O)[C@@H]1CO.O=S(=O)(O)O[C@@H]1COC(c2ccccc2)O[C@H]1C[S+]1C[C@H](OCc2ccccc2)[C@@H](OCc2ccccc2)[C@@H]1COCc1ccccc1.O=S1(=O)OC[C@@H]2OC(c3ccccc3)OCC2O1.c1ccc(COC[C@@H]2SC[C@H](OCc3ccccc3)[C@H]2OCc2ccccc2)cc1. The molecule has 6 fully saturated rings. The number of benzene rings is 8. The molecule has 35 heteroatoms. The molecular formula is C85H104O29S6+2. The Kier molecular flexibility index (Phi) is 39.1. The molecule has 0 bridgehead atoms. The minimum absolute atomic E-state index is 0.00897. The lowest BCUT2D eigenvalue weighted by Crippen LogP contribution is -2.49. The summed E-state index contributed by atoms with van der Waals surface area (Å²) in [4.78, 5) is 9.00. The van der Waals surface area contributed by atoms with Crippen LogP contribution in [0.25, 0.3) is 0 Å². The van der Waals surface area contributed by atoms with E-state index in [0.29, 0.717) is 64.4 Å². The van der Waals surface area contributed by atoms with E-state index in [4.69, 9.17) is 80.4 Å². The van der Waals surface area contributed by atoms with Crippen molar-refractivity contribution in [1.82, 2.24) is 0 Å². The van der Waals surface area contributed by atoms with E-state index in [1.54, 1.807) is 0 Å². The highest BCUT2D eigenvalue weighted by atomic mass is 32.3. The molecule has 14 rings (SSSR count). The molecule has 8 aromatic carbocycles. The molecule has 5 unspecified atom stereocenters. The van der Waals surface area contributed by atoms with Gasteiger partial charge >= 0.3 is 31.2 Å². The Morgan fingerprint density at radius 1 is 0.517 bits per heavy atom. The monoisotopic (exact) mass is 1780 g/mol. The van der Waals surface area contributed by atoms with Crippen molar-refractivity contribution in [1.29, 1.82) is 0 Å². The Hall–Kier alpha value is -6.71. The number of fused-ring (bicyclic) bond motifs is 1. The van der Waals surface area contributed by atoms with Crippen LogP contribution in [0.5, 0.6) is 0 Å². The van der Waals surface area contributed by atoms with Gasteiger partial charge in [0.2, 0.25) is 0 Å². The molecule has 0 saturated carbocycles. The van der Waals surface area contributed by atoms with Gasteiger partial charge in [0.25, 0.3) is 5.97 Å². The van der Waals surface area contributed by atoms with Crippen LogP contribution >= 0.6 is 11.8 Å². The van der Waals surface area contributed by atoms with Crippen molar-refractivity contribution in [2.45, 2.75) is 148 Å². The molecule has 6 saturated heterocycles. The Bertz CT molecular complexity index is 4580. The summed E-state index contributed by atoms with van der Waals surface area (Å²) in [6.07, 6.45) is -9.67. The standard InChI is InChI=1S/C37H40O9S2.C26H28O3S.C11H12O6S.C9H18O9S2.C2H4O2/c38-48(39,40)46-32-24-44-37(31-19-11-4-12-20-31)45-33(32)26-47-27-34(42-22-29-15-7-2-8-16-29)36(43-23-30-17-9-3-10-18-30)35(47)25-41-21-28-13-5-1-6-14-28;1-4-10-21(11-5-1)16-27-19-25-26(29-18-23-14-8-3-9-15-23)24(20-30-25)28-17-22-12-6-2-7-13-22;12-18(13)15-7-9-10(17-18)6-14-11(16-9)8-4-2-1-3-5-8;10-1-7(18-20(15,16)17)5(12)3-19-4-6(13)9(14)8(19)2-11;1-2(3)4/h1-20,32-37H,21-27H2;1-15,24-26H,16-20H2;1-5,9-11H,6-7H2;5-14H,1-4H2;1H3,(H,3,4)/p+2/t32-,33+,34+,35+,36-,37?,47?;24-,25-,26+;9-,10?,11?;5-,6-,7-,8-,9+,19?;/m1000./s1. The third-order valence-electron chi connectivity index (χ3n) is 19.4. The van der Waals surface area contributed by atoms with Gasteiger partial charge in [0, 0.05) is 45.6 Å². The van der Waals surface area contributed by atoms with Crippen LogP contribution in [0, 0.1) is 0 Å². The van der Waals surface area contributed by atoms with Crippen LogP contribution in [-0.2, 0) is 162 Å². The van der Waals surface area contributed by atoms with Gasteiger partial charge in [-0.1, -0.05) is 243 Å². The molecule has 120 heavy (non-hydrogen) atoms. The molecular weight excluding hydrogens is 1680 g/mol. The fraction of sp³-hybridized carbons (Fsp3) is 0.424. The summed E-state index contributed by atoms with van der Waals surface area (Å²) < 4.78 is 166. The van der Waals surface area contributed by atoms with Crippen molar-refractivity contribution < 1.29 is 134 Å². The van der Waals surface area contributed by atoms with Crippen molar-refractivity contribution in [3.63, 3.8) is 0 Å². The third kappa shape index (κ3) is 32.1. The number of aliphatic hydroxyl groups excluding tert-OH is 5. The lowest BCUT2D eigenvalue weighted by Gasteiger charge is -2.37. The molecule has 6 aliphatic rings. The normalized spacial score (nSPS) is 26.8. The number of aliphatic carboxylic acids is 1. The van der Waals surface area contributed by atoms with Crippen molar-refractivity contribution >= 4 is 70.7 Å². The first-order chi connectivity index (χ1) is 57.9. The highest BCUT2D eigenvalue weighted by Crippen LogP contribution is 2.38. The predicted octanol–water partition coefficient (Wildman–Crippen LogP) is 8.26. The first-order valence-corrected chi connectivity index (χ1v) is 47.0. The van der Waals surface area contributed by atoms with Crippen LogP contribution in [0.4, 0.5) is 0 Å². The number of carboxylic acids is 1. The molecule has 0 aromatic heterocycles. The summed E-state index contributed by atoms with van der Waals surface area (Å²) in [5.74, 6) is 1.24. The smallest absolute Gasteiger partial charge is 0.400 e. The Morgan fingerprint density at radius 2 is 0.950 bits per heavy atom. The largest absolute Gasteiger partial charge is 0.481 e. The fourth-order valence-corrected chi connectivity index (χ4v) is 22.3. The summed E-state index contributed by atoms with van der Waals surface area (Å²) in [6, 6.07) is 79.9. The summed E-state index contributed by atoms with van der Waals surface area (Å²) >= 11 is 1.89. The van der Waals surface area contributed by atoms with E-state index < -0.39 is 139 Å². The van der Waals surface area contributed by atoms with E-state index in [1.165, 1.54) is 16.7 Å². The van der Waals surface area contributed by atoms with E-state index >= 15 is 0 Å². The topological polar surface area (TPSA) is 411 Å². The molecule has 6 aliphatic heterocycles. The number of rotatable bonds is 33. The fourth-order valence-electron chi connectivity index (χ4n) is 13.5. The van der Waals surface area contributed by atoms with E-state index in [-0.39, 0.29) is 66.2 Å². The molecule has 19 atom stereocenters. The molecule has 6 heterocycles. The molecule has 0 amide bonds. The summed E-state index contributed by atoms with van der Waals surface area (Å²) in [5.41, 5.74) is 8.42. The number of ether oxygens (including phenoxy) is 10. The molecule has 29 nitrogen and oxygen atoms in total. The number of carboxylic acid groups (broad SMARTS) is 1.